The largest absolute Gasteiger partial charge is 0.470 e. The van der Waals surface area contributed by atoms with Gasteiger partial charge in [-0.3, -0.25) is 4.57 Å². The molecule has 0 radical (unpaired) electrons. The molecule has 1 atom stereocenters. The molecule has 2 aromatic carbocycles. The van der Waals surface area contributed by atoms with Crippen molar-refractivity contribution in [3.05, 3.63) is 53.0 Å². The Bertz CT molecular complexity index is 736. The van der Waals surface area contributed by atoms with Gasteiger partial charge in [-0.25, -0.2) is 4.98 Å². The maximum absolute atomic E-state index is 6.00. The van der Waals surface area contributed by atoms with Gasteiger partial charge in [-0.1, -0.05) is 28.1 Å². The lowest BCUT2D eigenvalue weighted by molar-refractivity contribution is 0.159. The quantitative estimate of drug-likeness (QED) is 0.789. The summed E-state index contributed by atoms with van der Waals surface area (Å²) in [4.78, 5) is 4.34. The van der Waals surface area contributed by atoms with Crippen LogP contribution >= 0.6 is 15.9 Å². The molecule has 20 heavy (non-hydrogen) atoms. The molecule has 1 unspecified atom stereocenters. The molecule has 4 nitrogen and oxygen atoms in total. The minimum absolute atomic E-state index is 0.233. The van der Waals surface area contributed by atoms with Gasteiger partial charge in [0.15, 0.2) is 6.23 Å². The second-order valence-electron chi connectivity index (χ2n) is 4.50. The number of nitrogen functional groups attached to an aromatic ring is 1. The Morgan fingerprint density at radius 3 is 2.60 bits per heavy atom. The average Bonchev–Trinajstić information content (AvgIpc) is 2.77. The van der Waals surface area contributed by atoms with Crippen LogP contribution in [0.3, 0.4) is 0 Å². The van der Waals surface area contributed by atoms with E-state index in [0.29, 0.717) is 5.95 Å². The summed E-state index contributed by atoms with van der Waals surface area (Å²) in [6, 6.07) is 15.5. The summed E-state index contributed by atoms with van der Waals surface area (Å²) >= 11 is 3.40. The predicted molar refractivity (Wildman–Crippen MR) is 83.6 cm³/mol. The van der Waals surface area contributed by atoms with Crippen LogP contribution in [-0.2, 0) is 0 Å². The lowest BCUT2D eigenvalue weighted by atomic mass is 10.3. The molecule has 1 aromatic heterocycles. The Morgan fingerprint density at radius 1 is 1.15 bits per heavy atom. The van der Waals surface area contributed by atoms with Crippen LogP contribution in [0.5, 0.6) is 5.75 Å². The van der Waals surface area contributed by atoms with Crippen molar-refractivity contribution in [1.29, 1.82) is 0 Å². The first kappa shape index (κ1) is 13.0. The van der Waals surface area contributed by atoms with Crippen molar-refractivity contribution in [3.63, 3.8) is 0 Å². The average molecular weight is 332 g/mol. The fraction of sp³-hybridized carbons (Fsp3) is 0.133. The number of imidazole rings is 1. The van der Waals surface area contributed by atoms with Gasteiger partial charge in [0.2, 0.25) is 5.95 Å². The lowest BCUT2D eigenvalue weighted by Gasteiger charge is -2.18. The lowest BCUT2D eigenvalue weighted by Crippen LogP contribution is -2.14. The number of aromatic nitrogens is 2. The summed E-state index contributed by atoms with van der Waals surface area (Å²) in [6.45, 7) is 1.95. The van der Waals surface area contributed by atoms with Crippen LogP contribution in [0.15, 0.2) is 53.0 Å². The number of halogens is 1. The van der Waals surface area contributed by atoms with Gasteiger partial charge in [0.25, 0.3) is 0 Å². The summed E-state index contributed by atoms with van der Waals surface area (Å²) in [6.07, 6.45) is -0.233. The molecule has 3 rings (SSSR count). The molecule has 1 heterocycles. The standard InChI is InChI=1S/C15H14BrN3O/c1-10(20-12-8-6-11(16)7-9-12)19-14-5-3-2-4-13(14)18-15(19)17/h2-10H,1H3,(H2,17,18). The number of nitrogens with two attached hydrogens (primary N) is 1. The first-order chi connectivity index (χ1) is 9.65. The van der Waals surface area contributed by atoms with E-state index >= 15 is 0 Å². The van der Waals surface area contributed by atoms with Crippen molar-refractivity contribution in [1.82, 2.24) is 9.55 Å². The minimum atomic E-state index is -0.233. The fourth-order valence-electron chi connectivity index (χ4n) is 2.21. The second kappa shape index (κ2) is 5.17. The number of anilines is 1. The third-order valence-corrected chi connectivity index (χ3v) is 3.64. The molecule has 0 aliphatic rings. The molecular formula is C15H14BrN3O. The number of benzene rings is 2. The third kappa shape index (κ3) is 2.36. The van der Waals surface area contributed by atoms with Crippen LogP contribution in [0.1, 0.15) is 13.2 Å². The van der Waals surface area contributed by atoms with Crippen LogP contribution < -0.4 is 10.5 Å². The van der Waals surface area contributed by atoms with Gasteiger partial charge in [0.1, 0.15) is 5.75 Å². The monoisotopic (exact) mass is 331 g/mol. The summed E-state index contributed by atoms with van der Waals surface area (Å²) in [5.74, 6) is 1.24. The van der Waals surface area contributed by atoms with Crippen LogP contribution in [0.25, 0.3) is 11.0 Å². The van der Waals surface area contributed by atoms with Crippen LogP contribution in [0, 0.1) is 0 Å². The minimum Gasteiger partial charge on any atom is -0.470 e. The number of rotatable bonds is 3. The smallest absolute Gasteiger partial charge is 0.204 e. The van der Waals surface area contributed by atoms with E-state index in [-0.39, 0.29) is 6.23 Å². The highest BCUT2D eigenvalue weighted by atomic mass is 79.9. The van der Waals surface area contributed by atoms with Gasteiger partial charge in [-0.05, 0) is 43.3 Å². The fourth-order valence-corrected chi connectivity index (χ4v) is 2.47. The van der Waals surface area contributed by atoms with Crippen LogP contribution in [-0.4, -0.2) is 9.55 Å². The molecule has 2 N–H and O–H groups in total. The third-order valence-electron chi connectivity index (χ3n) is 3.11. The molecule has 5 heteroatoms. The molecular weight excluding hydrogens is 318 g/mol. The Labute approximate surface area is 125 Å². The van der Waals surface area contributed by atoms with Crippen molar-refractivity contribution in [3.8, 4) is 5.75 Å². The SMILES string of the molecule is CC(Oc1ccc(Br)cc1)n1c(N)nc2ccccc21. The molecule has 0 spiro atoms. The van der Waals surface area contributed by atoms with Gasteiger partial charge < -0.3 is 10.5 Å². The topological polar surface area (TPSA) is 53.1 Å². The Morgan fingerprint density at radius 2 is 1.85 bits per heavy atom. The van der Waals surface area contributed by atoms with E-state index in [2.05, 4.69) is 20.9 Å². The van der Waals surface area contributed by atoms with Crippen LogP contribution in [0.2, 0.25) is 0 Å². The highest BCUT2D eigenvalue weighted by molar-refractivity contribution is 9.10. The number of hydrogen-bond acceptors (Lipinski definition) is 3. The number of para-hydroxylation sites is 2. The molecule has 0 saturated carbocycles. The highest BCUT2D eigenvalue weighted by Crippen LogP contribution is 2.25. The van der Waals surface area contributed by atoms with Gasteiger partial charge in [-0.2, -0.15) is 0 Å². The molecule has 0 aliphatic heterocycles. The zero-order valence-electron chi connectivity index (χ0n) is 11.0. The summed E-state index contributed by atoms with van der Waals surface area (Å²) in [5.41, 5.74) is 7.84. The molecule has 0 bridgehead atoms. The van der Waals surface area contributed by atoms with Crippen molar-refractivity contribution < 1.29 is 4.74 Å². The van der Waals surface area contributed by atoms with Crippen molar-refractivity contribution >= 4 is 32.9 Å². The summed E-state index contributed by atoms with van der Waals surface area (Å²) in [5, 5.41) is 0. The Hall–Kier alpha value is -2.01. The zero-order chi connectivity index (χ0) is 14.1. The normalized spacial score (nSPS) is 12.5. The Balaban J connectivity index is 1.94. The summed E-state index contributed by atoms with van der Waals surface area (Å²) in [7, 11) is 0. The van der Waals surface area contributed by atoms with Crippen molar-refractivity contribution in [2.45, 2.75) is 13.2 Å². The van der Waals surface area contributed by atoms with Gasteiger partial charge in [0, 0.05) is 4.47 Å². The second-order valence-corrected chi connectivity index (χ2v) is 5.42. The van der Waals surface area contributed by atoms with E-state index in [1.54, 1.807) is 0 Å². The maximum atomic E-state index is 6.00. The number of nitrogens with zero attached hydrogens (tertiary/aromatic N) is 2. The van der Waals surface area contributed by atoms with Gasteiger partial charge in [-0.15, -0.1) is 0 Å². The van der Waals surface area contributed by atoms with E-state index in [9.17, 15) is 0 Å². The molecule has 0 saturated heterocycles. The molecule has 3 aromatic rings. The molecule has 0 amide bonds. The van der Waals surface area contributed by atoms with E-state index < -0.39 is 0 Å². The van der Waals surface area contributed by atoms with Gasteiger partial charge in [0.05, 0.1) is 11.0 Å². The van der Waals surface area contributed by atoms with Crippen molar-refractivity contribution in [2.24, 2.45) is 0 Å². The Kier molecular flexibility index (Phi) is 3.36. The van der Waals surface area contributed by atoms with E-state index in [4.69, 9.17) is 10.5 Å². The van der Waals surface area contributed by atoms with Crippen molar-refractivity contribution in [2.75, 3.05) is 5.73 Å². The molecule has 102 valence electrons. The van der Waals surface area contributed by atoms with E-state index in [1.807, 2.05) is 60.0 Å². The maximum Gasteiger partial charge on any atom is 0.204 e. The first-order valence-electron chi connectivity index (χ1n) is 6.30. The molecule has 0 fully saturated rings. The van der Waals surface area contributed by atoms with E-state index in [1.165, 1.54) is 0 Å². The summed E-state index contributed by atoms with van der Waals surface area (Å²) < 4.78 is 8.83. The van der Waals surface area contributed by atoms with Gasteiger partial charge >= 0.3 is 0 Å². The predicted octanol–water partition coefficient (Wildman–Crippen LogP) is 3.98. The number of hydrogen-bond donors (Lipinski definition) is 1. The molecule has 0 aliphatic carbocycles. The zero-order valence-corrected chi connectivity index (χ0v) is 12.5. The van der Waals surface area contributed by atoms with E-state index in [0.717, 1.165) is 21.3 Å². The number of fused-ring (bicyclic) bond motifs is 1. The van der Waals surface area contributed by atoms with Crippen LogP contribution in [0.4, 0.5) is 5.95 Å². The first-order valence-corrected chi connectivity index (χ1v) is 7.09. The highest BCUT2D eigenvalue weighted by Gasteiger charge is 2.14. The number of ether oxygens (including phenoxy) is 1.